The van der Waals surface area contributed by atoms with Gasteiger partial charge in [-0.05, 0) is 48.1 Å². The van der Waals surface area contributed by atoms with Crippen molar-refractivity contribution in [2.24, 2.45) is 22.7 Å². The Hall–Kier alpha value is -2.36. The van der Waals surface area contributed by atoms with Gasteiger partial charge in [0.1, 0.15) is 18.5 Å². The number of benzene rings is 2. The second kappa shape index (κ2) is 8.17. The molecule has 3 atom stereocenters. The smallest absolute Gasteiger partial charge is 0.326 e. The molecule has 0 amide bonds. The summed E-state index contributed by atoms with van der Waals surface area (Å²) in [6.07, 6.45) is 4.15. The van der Waals surface area contributed by atoms with Crippen LogP contribution in [0.3, 0.4) is 0 Å². The van der Waals surface area contributed by atoms with Crippen LogP contribution in [0.15, 0.2) is 41.4 Å². The van der Waals surface area contributed by atoms with Gasteiger partial charge in [-0.1, -0.05) is 58.4 Å². The van der Waals surface area contributed by atoms with Gasteiger partial charge in [-0.2, -0.15) is 0 Å². The zero-order valence-corrected chi connectivity index (χ0v) is 18.0. The lowest BCUT2D eigenvalue weighted by molar-refractivity contribution is -0.154. The van der Waals surface area contributed by atoms with E-state index in [9.17, 15) is 4.79 Å². The van der Waals surface area contributed by atoms with Crippen molar-refractivity contribution in [1.82, 2.24) is 0 Å². The van der Waals surface area contributed by atoms with Gasteiger partial charge >= 0.3 is 5.97 Å². The molecule has 0 aromatic heterocycles. The van der Waals surface area contributed by atoms with Crippen molar-refractivity contribution in [3.63, 3.8) is 0 Å². The Morgan fingerprint density at radius 1 is 1.21 bits per heavy atom. The molecule has 2 aliphatic rings. The van der Waals surface area contributed by atoms with Crippen molar-refractivity contribution in [3.05, 3.63) is 36.4 Å². The topological polar surface area (TPSA) is 41.9 Å². The average molecular weight is 393 g/mol. The minimum Gasteiger partial charge on any atom is -0.461 e. The number of carbonyl (C=O) groups excluding carboxylic acids is 1. The van der Waals surface area contributed by atoms with Crippen LogP contribution in [0.4, 0.5) is 11.4 Å². The van der Waals surface area contributed by atoms with Gasteiger partial charge in [-0.25, -0.2) is 4.99 Å². The van der Waals surface area contributed by atoms with Crippen LogP contribution >= 0.6 is 0 Å². The largest absolute Gasteiger partial charge is 0.461 e. The van der Waals surface area contributed by atoms with Gasteiger partial charge in [0.25, 0.3) is 0 Å². The number of anilines is 1. The minimum atomic E-state index is -0.146. The van der Waals surface area contributed by atoms with Crippen LogP contribution in [0, 0.1) is 17.8 Å². The Labute approximate surface area is 174 Å². The van der Waals surface area contributed by atoms with E-state index in [0.29, 0.717) is 17.8 Å². The number of ether oxygens (including phenoxy) is 1. The van der Waals surface area contributed by atoms with Crippen LogP contribution in [0.25, 0.3) is 10.8 Å². The van der Waals surface area contributed by atoms with E-state index in [1.165, 1.54) is 6.42 Å². The van der Waals surface area contributed by atoms with Crippen LogP contribution < -0.4 is 4.90 Å². The van der Waals surface area contributed by atoms with E-state index in [2.05, 4.69) is 52.0 Å². The van der Waals surface area contributed by atoms with Crippen molar-refractivity contribution in [2.75, 3.05) is 11.4 Å². The predicted molar refractivity (Wildman–Crippen MR) is 120 cm³/mol. The van der Waals surface area contributed by atoms with Crippen molar-refractivity contribution in [1.29, 1.82) is 0 Å². The van der Waals surface area contributed by atoms with Gasteiger partial charge in [-0.15, -0.1) is 0 Å². The van der Waals surface area contributed by atoms with Gasteiger partial charge in [0.15, 0.2) is 0 Å². The number of aliphatic imine (C=N–C) groups is 1. The molecule has 1 aliphatic carbocycles. The first kappa shape index (κ1) is 19.9. The van der Waals surface area contributed by atoms with E-state index in [1.807, 2.05) is 17.0 Å². The number of amidine groups is 1. The molecule has 2 aromatic carbocycles. The molecule has 1 fully saturated rings. The van der Waals surface area contributed by atoms with Crippen molar-refractivity contribution < 1.29 is 9.53 Å². The lowest BCUT2D eigenvalue weighted by atomic mass is 9.75. The first-order valence-corrected chi connectivity index (χ1v) is 11.0. The summed E-state index contributed by atoms with van der Waals surface area (Å²) in [5.41, 5.74) is 2.04. The third kappa shape index (κ3) is 3.90. The van der Waals surface area contributed by atoms with Gasteiger partial charge in [0.2, 0.25) is 0 Å². The fourth-order valence-corrected chi connectivity index (χ4v) is 4.99. The molecule has 154 valence electrons. The lowest BCUT2D eigenvalue weighted by Crippen LogP contribution is -2.41. The van der Waals surface area contributed by atoms with E-state index in [1.54, 1.807) is 0 Å². The monoisotopic (exact) mass is 392 g/mol. The maximum absolute atomic E-state index is 13.0. The number of hydrogen-bond donors (Lipinski definition) is 0. The molecule has 1 heterocycles. The molecule has 4 heteroatoms. The highest BCUT2D eigenvalue weighted by atomic mass is 16.5. The zero-order chi connectivity index (χ0) is 20.5. The molecular weight excluding hydrogens is 360 g/mol. The molecule has 0 N–H and O–H groups in total. The summed E-state index contributed by atoms with van der Waals surface area (Å²) < 4.78 is 6.08. The molecular formula is C25H32N2O2. The third-order valence-electron chi connectivity index (χ3n) is 6.56. The van der Waals surface area contributed by atoms with E-state index in [0.717, 1.165) is 47.2 Å². The summed E-state index contributed by atoms with van der Waals surface area (Å²) in [5.74, 6) is 2.38. The fourth-order valence-electron chi connectivity index (χ4n) is 4.99. The fraction of sp³-hybridized carbons (Fsp3) is 0.520. The van der Waals surface area contributed by atoms with Gasteiger partial charge in [-0.3, -0.25) is 4.79 Å². The maximum atomic E-state index is 13.0. The number of esters is 1. The molecule has 1 aliphatic heterocycles. The molecule has 1 saturated carbocycles. The van der Waals surface area contributed by atoms with Crippen molar-refractivity contribution in [3.8, 4) is 0 Å². The minimum absolute atomic E-state index is 0.0288. The molecule has 2 aromatic rings. The highest BCUT2D eigenvalue weighted by Gasteiger charge is 2.34. The molecule has 3 unspecified atom stereocenters. The Morgan fingerprint density at radius 2 is 1.97 bits per heavy atom. The summed E-state index contributed by atoms with van der Waals surface area (Å²) >= 11 is 0. The Kier molecular flexibility index (Phi) is 5.62. The molecule has 29 heavy (non-hydrogen) atoms. The first-order chi connectivity index (χ1) is 14.0. The van der Waals surface area contributed by atoms with Crippen LogP contribution in [0.1, 0.15) is 53.4 Å². The maximum Gasteiger partial charge on any atom is 0.326 e. The standard InChI is InChI=1S/C25H32N2O2/c1-5-23-26-20-10-6-8-18-9-7-11-21(25(18)20)27(23)15-24(28)29-22-14-17(4)12-13-19(22)16(2)3/h6-11,16-17,19,22H,5,12-15H2,1-4H3. The van der Waals surface area contributed by atoms with E-state index < -0.39 is 0 Å². The van der Waals surface area contributed by atoms with E-state index in [4.69, 9.17) is 9.73 Å². The van der Waals surface area contributed by atoms with E-state index in [-0.39, 0.29) is 18.6 Å². The quantitative estimate of drug-likeness (QED) is 0.577. The Bertz CT molecular complexity index is 928. The second-order valence-corrected chi connectivity index (χ2v) is 8.97. The Morgan fingerprint density at radius 3 is 2.69 bits per heavy atom. The highest BCUT2D eigenvalue weighted by Crippen LogP contribution is 2.39. The van der Waals surface area contributed by atoms with Crippen LogP contribution in [-0.4, -0.2) is 24.5 Å². The Balaban J connectivity index is 1.58. The second-order valence-electron chi connectivity index (χ2n) is 8.97. The normalized spacial score (nSPS) is 24.0. The molecule has 4 nitrogen and oxygen atoms in total. The zero-order valence-electron chi connectivity index (χ0n) is 18.0. The molecule has 0 bridgehead atoms. The summed E-state index contributed by atoms with van der Waals surface area (Å²) in [5, 5.41) is 2.27. The lowest BCUT2D eigenvalue weighted by Gasteiger charge is -2.37. The predicted octanol–water partition coefficient (Wildman–Crippen LogP) is 6.10. The number of nitrogens with zero attached hydrogens (tertiary/aromatic N) is 2. The van der Waals surface area contributed by atoms with Crippen molar-refractivity contribution in [2.45, 2.75) is 59.5 Å². The number of carbonyl (C=O) groups is 1. The third-order valence-corrected chi connectivity index (χ3v) is 6.56. The van der Waals surface area contributed by atoms with E-state index >= 15 is 0 Å². The summed E-state index contributed by atoms with van der Waals surface area (Å²) in [6, 6.07) is 12.4. The average Bonchev–Trinajstić information content (AvgIpc) is 2.69. The number of hydrogen-bond acceptors (Lipinski definition) is 4. The molecule has 0 spiro atoms. The van der Waals surface area contributed by atoms with Crippen molar-refractivity contribution >= 4 is 34.0 Å². The SMILES string of the molecule is CCC1=Nc2cccc3cccc(c23)N1CC(=O)OC1CC(C)CCC1C(C)C. The van der Waals surface area contributed by atoms with Crippen LogP contribution in [-0.2, 0) is 9.53 Å². The molecule has 0 saturated heterocycles. The summed E-state index contributed by atoms with van der Waals surface area (Å²) in [6.45, 7) is 9.05. The summed E-state index contributed by atoms with van der Waals surface area (Å²) in [7, 11) is 0. The van der Waals surface area contributed by atoms with Gasteiger partial charge < -0.3 is 9.64 Å². The van der Waals surface area contributed by atoms with Gasteiger partial charge in [0, 0.05) is 11.8 Å². The molecule has 4 rings (SSSR count). The van der Waals surface area contributed by atoms with Gasteiger partial charge in [0.05, 0.1) is 11.4 Å². The highest BCUT2D eigenvalue weighted by molar-refractivity contribution is 6.15. The molecule has 0 radical (unpaired) electrons. The summed E-state index contributed by atoms with van der Waals surface area (Å²) in [4.78, 5) is 19.9. The number of rotatable bonds is 5. The first-order valence-electron chi connectivity index (χ1n) is 11.0. The van der Waals surface area contributed by atoms with Crippen LogP contribution in [0.5, 0.6) is 0 Å². The van der Waals surface area contributed by atoms with Crippen LogP contribution in [0.2, 0.25) is 0 Å².